The Morgan fingerprint density at radius 1 is 1.59 bits per heavy atom. The van der Waals surface area contributed by atoms with Crippen molar-refractivity contribution < 1.29 is 17.9 Å². The molecular formula is C10H15FN2O3S. The molecule has 2 N–H and O–H groups in total. The third kappa shape index (κ3) is 4.03. The average Bonchev–Trinajstić information content (AvgIpc) is 2.28. The molecule has 0 fully saturated rings. The van der Waals surface area contributed by atoms with Gasteiger partial charge in [0.1, 0.15) is 0 Å². The molecule has 0 radical (unpaired) electrons. The van der Waals surface area contributed by atoms with Crippen molar-refractivity contribution in [1.29, 1.82) is 0 Å². The molecule has 0 amide bonds. The van der Waals surface area contributed by atoms with E-state index >= 15 is 0 Å². The van der Waals surface area contributed by atoms with Gasteiger partial charge >= 0.3 is 0 Å². The van der Waals surface area contributed by atoms with Gasteiger partial charge in [0.2, 0.25) is 5.03 Å². The Bertz CT molecular complexity index is 464. The molecule has 0 saturated heterocycles. The highest BCUT2D eigenvalue weighted by Crippen LogP contribution is 2.09. The zero-order valence-corrected chi connectivity index (χ0v) is 10.2. The molecule has 0 bridgehead atoms. The van der Waals surface area contributed by atoms with Gasteiger partial charge < -0.3 is 5.11 Å². The lowest BCUT2D eigenvalue weighted by Crippen LogP contribution is -2.28. The van der Waals surface area contributed by atoms with Crippen molar-refractivity contribution in [3.05, 3.63) is 24.1 Å². The minimum absolute atomic E-state index is 0.0490. The quantitative estimate of drug-likeness (QED) is 0.789. The predicted octanol–water partition coefficient (Wildman–Crippen LogP) is 0.660. The molecule has 1 heterocycles. The van der Waals surface area contributed by atoms with Crippen LogP contribution in [-0.2, 0) is 10.0 Å². The van der Waals surface area contributed by atoms with Crippen LogP contribution >= 0.6 is 0 Å². The predicted molar refractivity (Wildman–Crippen MR) is 60.3 cm³/mol. The molecule has 0 aliphatic rings. The van der Waals surface area contributed by atoms with Crippen molar-refractivity contribution in [2.75, 3.05) is 6.54 Å². The molecule has 0 aliphatic heterocycles. The second-order valence-corrected chi connectivity index (χ2v) is 5.22. The Kier molecular flexibility index (Phi) is 4.98. The molecule has 1 rings (SSSR count). The summed E-state index contributed by atoms with van der Waals surface area (Å²) >= 11 is 0. The molecule has 1 unspecified atom stereocenters. The maximum Gasteiger partial charge on any atom is 0.261 e. The monoisotopic (exact) mass is 262 g/mol. The Morgan fingerprint density at radius 2 is 2.29 bits per heavy atom. The van der Waals surface area contributed by atoms with Gasteiger partial charge in [0.25, 0.3) is 10.0 Å². The number of hydrogen-bond donors (Lipinski definition) is 2. The molecule has 0 aliphatic carbocycles. The SMILES string of the molecule is CCC(O)CCNS(=O)(=O)c1ncccc1F. The van der Waals surface area contributed by atoms with Crippen LogP contribution in [0.1, 0.15) is 19.8 Å². The summed E-state index contributed by atoms with van der Waals surface area (Å²) in [4.78, 5) is 3.48. The van der Waals surface area contributed by atoms with Crippen LogP contribution in [-0.4, -0.2) is 31.2 Å². The van der Waals surface area contributed by atoms with Crippen molar-refractivity contribution in [2.45, 2.75) is 30.9 Å². The summed E-state index contributed by atoms with van der Waals surface area (Å²) in [6.45, 7) is 1.84. The molecule has 96 valence electrons. The van der Waals surface area contributed by atoms with E-state index < -0.39 is 27.0 Å². The zero-order valence-electron chi connectivity index (χ0n) is 9.43. The zero-order chi connectivity index (χ0) is 12.9. The van der Waals surface area contributed by atoms with E-state index in [1.807, 2.05) is 0 Å². The number of halogens is 1. The van der Waals surface area contributed by atoms with Crippen LogP contribution in [0.25, 0.3) is 0 Å². The van der Waals surface area contributed by atoms with Crippen LogP contribution in [0.3, 0.4) is 0 Å². The summed E-state index contributed by atoms with van der Waals surface area (Å²) in [5, 5.41) is 8.64. The third-order valence-electron chi connectivity index (χ3n) is 2.22. The molecule has 1 aromatic heterocycles. The van der Waals surface area contributed by atoms with Gasteiger partial charge in [0.15, 0.2) is 5.82 Å². The molecule has 5 nitrogen and oxygen atoms in total. The molecule has 17 heavy (non-hydrogen) atoms. The van der Waals surface area contributed by atoms with Crippen molar-refractivity contribution in [2.24, 2.45) is 0 Å². The minimum atomic E-state index is -3.94. The van der Waals surface area contributed by atoms with Gasteiger partial charge in [-0.3, -0.25) is 0 Å². The Labute approximate surface area is 99.7 Å². The van der Waals surface area contributed by atoms with E-state index in [2.05, 4.69) is 9.71 Å². The number of nitrogens with one attached hydrogen (secondary N) is 1. The number of nitrogens with zero attached hydrogens (tertiary/aromatic N) is 1. The number of sulfonamides is 1. The summed E-state index contributed by atoms with van der Waals surface area (Å²) in [5.74, 6) is -0.893. The van der Waals surface area contributed by atoms with E-state index in [1.54, 1.807) is 6.92 Å². The average molecular weight is 262 g/mol. The lowest BCUT2D eigenvalue weighted by atomic mass is 10.2. The Morgan fingerprint density at radius 3 is 2.88 bits per heavy atom. The van der Waals surface area contributed by atoms with Crippen LogP contribution in [0.15, 0.2) is 23.4 Å². The van der Waals surface area contributed by atoms with Crippen molar-refractivity contribution in [3.8, 4) is 0 Å². The fourth-order valence-corrected chi connectivity index (χ4v) is 2.25. The molecule has 7 heteroatoms. The van der Waals surface area contributed by atoms with Gasteiger partial charge in [-0.2, -0.15) is 0 Å². The Hall–Kier alpha value is -1.05. The molecule has 0 spiro atoms. The normalized spacial score (nSPS) is 13.6. The lowest BCUT2D eigenvalue weighted by molar-refractivity contribution is 0.162. The highest BCUT2D eigenvalue weighted by molar-refractivity contribution is 7.89. The lowest BCUT2D eigenvalue weighted by Gasteiger charge is -2.09. The van der Waals surface area contributed by atoms with Crippen molar-refractivity contribution in [1.82, 2.24) is 9.71 Å². The fourth-order valence-electron chi connectivity index (χ4n) is 1.20. The number of aromatic nitrogens is 1. The number of hydrogen-bond acceptors (Lipinski definition) is 4. The van der Waals surface area contributed by atoms with E-state index in [4.69, 9.17) is 0 Å². The topological polar surface area (TPSA) is 79.3 Å². The van der Waals surface area contributed by atoms with E-state index in [0.717, 1.165) is 6.07 Å². The van der Waals surface area contributed by atoms with Gasteiger partial charge in [-0.05, 0) is 25.0 Å². The second kappa shape index (κ2) is 6.04. The van der Waals surface area contributed by atoms with Gasteiger partial charge in [-0.1, -0.05) is 6.92 Å². The molecule has 0 aromatic carbocycles. The van der Waals surface area contributed by atoms with Crippen LogP contribution < -0.4 is 4.72 Å². The highest BCUT2D eigenvalue weighted by Gasteiger charge is 2.19. The summed E-state index contributed by atoms with van der Waals surface area (Å²) < 4.78 is 38.7. The molecule has 1 atom stereocenters. The maximum absolute atomic E-state index is 13.2. The number of rotatable bonds is 6. The summed E-state index contributed by atoms with van der Waals surface area (Å²) in [7, 11) is -3.94. The number of pyridine rings is 1. The first kappa shape index (κ1) is 14.0. The van der Waals surface area contributed by atoms with E-state index in [-0.39, 0.29) is 13.0 Å². The second-order valence-electron chi connectivity index (χ2n) is 3.54. The maximum atomic E-state index is 13.2. The van der Waals surface area contributed by atoms with E-state index in [9.17, 15) is 17.9 Å². The van der Waals surface area contributed by atoms with Gasteiger partial charge in [0, 0.05) is 12.7 Å². The van der Waals surface area contributed by atoms with Crippen LogP contribution in [0.2, 0.25) is 0 Å². The van der Waals surface area contributed by atoms with Gasteiger partial charge in [0.05, 0.1) is 6.10 Å². The Balaban J connectivity index is 2.67. The standard InChI is InChI=1S/C10H15FN2O3S/c1-2-8(14)5-7-13-17(15,16)10-9(11)4-3-6-12-10/h3-4,6,8,13-14H,2,5,7H2,1H3. The molecule has 1 aromatic rings. The number of aliphatic hydroxyl groups is 1. The van der Waals surface area contributed by atoms with Gasteiger partial charge in [-0.25, -0.2) is 22.5 Å². The fraction of sp³-hybridized carbons (Fsp3) is 0.500. The third-order valence-corrected chi connectivity index (χ3v) is 3.61. The first-order valence-corrected chi connectivity index (χ1v) is 6.74. The first-order chi connectivity index (χ1) is 7.97. The van der Waals surface area contributed by atoms with Crippen LogP contribution in [0.5, 0.6) is 0 Å². The molecule has 0 saturated carbocycles. The van der Waals surface area contributed by atoms with Crippen molar-refractivity contribution in [3.63, 3.8) is 0 Å². The summed E-state index contributed by atoms with van der Waals surface area (Å²) in [6.07, 6.45) is 1.47. The summed E-state index contributed by atoms with van der Waals surface area (Å²) in [5.41, 5.74) is 0. The van der Waals surface area contributed by atoms with Crippen LogP contribution in [0.4, 0.5) is 4.39 Å². The van der Waals surface area contributed by atoms with Crippen LogP contribution in [0, 0.1) is 5.82 Å². The largest absolute Gasteiger partial charge is 0.393 e. The smallest absolute Gasteiger partial charge is 0.261 e. The molecular weight excluding hydrogens is 247 g/mol. The van der Waals surface area contributed by atoms with E-state index in [1.165, 1.54) is 12.3 Å². The summed E-state index contributed by atoms with van der Waals surface area (Å²) in [6, 6.07) is 2.34. The van der Waals surface area contributed by atoms with Gasteiger partial charge in [-0.15, -0.1) is 0 Å². The van der Waals surface area contributed by atoms with E-state index in [0.29, 0.717) is 6.42 Å². The first-order valence-electron chi connectivity index (χ1n) is 5.25. The highest BCUT2D eigenvalue weighted by atomic mass is 32.2. The minimum Gasteiger partial charge on any atom is -0.393 e. The van der Waals surface area contributed by atoms with Crippen molar-refractivity contribution >= 4 is 10.0 Å². The number of aliphatic hydroxyl groups excluding tert-OH is 1.